The molecule has 1 unspecified atom stereocenters. The zero-order chi connectivity index (χ0) is 18.7. The maximum atomic E-state index is 12.5. The number of benzene rings is 1. The number of nitrogens with two attached hydrogens (primary N) is 1. The quantitative estimate of drug-likeness (QED) is 0.812. The molecule has 0 radical (unpaired) electrons. The SMILES string of the molecule is C=S(N)(=O)c1cccc(C2CCN(C(=O)OCC)CC2)c1C1=NCN=N1. The number of amides is 1. The van der Waals surface area contributed by atoms with Crippen molar-refractivity contribution >= 4 is 27.5 Å². The van der Waals surface area contributed by atoms with E-state index in [0.717, 1.165) is 18.4 Å². The number of amidine groups is 1. The molecule has 1 atom stereocenters. The summed E-state index contributed by atoms with van der Waals surface area (Å²) in [4.78, 5) is 18.3. The highest BCUT2D eigenvalue weighted by molar-refractivity contribution is 7.98. The van der Waals surface area contributed by atoms with Gasteiger partial charge in [0.2, 0.25) is 0 Å². The first-order chi connectivity index (χ1) is 12.4. The van der Waals surface area contributed by atoms with Crippen LogP contribution >= 0.6 is 0 Å². The van der Waals surface area contributed by atoms with Crippen LogP contribution in [0.3, 0.4) is 0 Å². The molecule has 1 aromatic rings. The number of carbonyl (C=O) groups is 1. The lowest BCUT2D eigenvalue weighted by Gasteiger charge is -2.32. The Labute approximate surface area is 153 Å². The van der Waals surface area contributed by atoms with Crippen molar-refractivity contribution in [3.8, 4) is 0 Å². The number of likely N-dealkylation sites (tertiary alicyclic amines) is 1. The molecule has 2 heterocycles. The summed E-state index contributed by atoms with van der Waals surface area (Å²) in [5.41, 5.74) is 1.65. The number of hydrogen-bond acceptors (Lipinski definition) is 6. The maximum absolute atomic E-state index is 12.5. The van der Waals surface area contributed by atoms with E-state index in [1.807, 2.05) is 12.1 Å². The topological polar surface area (TPSA) is 110 Å². The van der Waals surface area contributed by atoms with Crippen LogP contribution in [0.5, 0.6) is 0 Å². The Kier molecular flexibility index (Phi) is 5.38. The molecule has 0 aromatic heterocycles. The van der Waals surface area contributed by atoms with Gasteiger partial charge in [-0.15, -0.1) is 5.11 Å². The molecule has 1 aromatic carbocycles. The number of hydrogen-bond donors (Lipinski definition) is 1. The average Bonchev–Trinajstić information content (AvgIpc) is 3.15. The van der Waals surface area contributed by atoms with Gasteiger partial charge >= 0.3 is 6.09 Å². The second kappa shape index (κ2) is 7.55. The minimum Gasteiger partial charge on any atom is -0.450 e. The highest BCUT2D eigenvalue weighted by Crippen LogP contribution is 2.34. The smallest absolute Gasteiger partial charge is 0.409 e. The number of aliphatic imine (C=N–C) groups is 1. The lowest BCUT2D eigenvalue weighted by molar-refractivity contribution is 0.0970. The minimum absolute atomic E-state index is 0.177. The van der Waals surface area contributed by atoms with Gasteiger partial charge in [-0.2, -0.15) is 5.11 Å². The highest BCUT2D eigenvalue weighted by atomic mass is 32.2. The third kappa shape index (κ3) is 3.78. The van der Waals surface area contributed by atoms with E-state index in [-0.39, 0.29) is 18.7 Å². The van der Waals surface area contributed by atoms with E-state index in [0.29, 0.717) is 36.0 Å². The number of azo groups is 1. The van der Waals surface area contributed by atoms with Crippen molar-refractivity contribution in [2.45, 2.75) is 30.6 Å². The molecule has 9 heteroatoms. The molecule has 140 valence electrons. The summed E-state index contributed by atoms with van der Waals surface area (Å²) in [5.74, 6) is 4.25. The van der Waals surface area contributed by atoms with Crippen LogP contribution < -0.4 is 5.14 Å². The lowest BCUT2D eigenvalue weighted by atomic mass is 9.86. The molecular weight excluding hydrogens is 354 g/mol. The minimum atomic E-state index is -2.93. The number of carbonyl (C=O) groups excluding carboxylic acids is 1. The van der Waals surface area contributed by atoms with Crippen molar-refractivity contribution in [1.29, 1.82) is 0 Å². The molecule has 1 fully saturated rings. The highest BCUT2D eigenvalue weighted by Gasteiger charge is 2.29. The molecule has 26 heavy (non-hydrogen) atoms. The van der Waals surface area contributed by atoms with Crippen LogP contribution in [0.25, 0.3) is 0 Å². The van der Waals surface area contributed by atoms with Crippen LogP contribution in [0.15, 0.2) is 38.3 Å². The molecule has 0 spiro atoms. The fourth-order valence-corrected chi connectivity index (χ4v) is 4.22. The number of rotatable bonds is 4. The van der Waals surface area contributed by atoms with Gasteiger partial charge in [0.1, 0.15) is 0 Å². The molecule has 0 bridgehead atoms. The van der Waals surface area contributed by atoms with Gasteiger partial charge in [0.25, 0.3) is 0 Å². The molecule has 2 aliphatic rings. The first kappa shape index (κ1) is 18.5. The molecule has 2 N–H and O–H groups in total. The molecule has 3 rings (SSSR count). The second-order valence-electron chi connectivity index (χ2n) is 6.27. The van der Waals surface area contributed by atoms with Crippen molar-refractivity contribution in [3.05, 3.63) is 29.3 Å². The fourth-order valence-electron chi connectivity index (χ4n) is 3.36. The molecule has 0 saturated carbocycles. The lowest BCUT2D eigenvalue weighted by Crippen LogP contribution is -2.38. The van der Waals surface area contributed by atoms with Crippen molar-refractivity contribution in [2.24, 2.45) is 20.4 Å². The van der Waals surface area contributed by atoms with Gasteiger partial charge in [0, 0.05) is 18.7 Å². The molecule has 1 saturated heterocycles. The zero-order valence-electron chi connectivity index (χ0n) is 14.8. The Hall–Kier alpha value is -2.26. The number of nitrogens with zero attached hydrogens (tertiary/aromatic N) is 4. The summed E-state index contributed by atoms with van der Waals surface area (Å²) in [6.07, 6.45) is 1.25. The average molecular weight is 377 g/mol. The van der Waals surface area contributed by atoms with E-state index in [9.17, 15) is 9.00 Å². The molecule has 2 aliphatic heterocycles. The first-order valence-electron chi connectivity index (χ1n) is 8.53. The summed E-state index contributed by atoms with van der Waals surface area (Å²) < 4.78 is 17.6. The number of piperidine rings is 1. The van der Waals surface area contributed by atoms with E-state index in [4.69, 9.17) is 9.88 Å². The first-order valence-corrected chi connectivity index (χ1v) is 10.3. The van der Waals surface area contributed by atoms with Crippen molar-refractivity contribution < 1.29 is 13.7 Å². The van der Waals surface area contributed by atoms with Gasteiger partial charge in [-0.25, -0.2) is 14.0 Å². The summed E-state index contributed by atoms with van der Waals surface area (Å²) in [6, 6.07) is 5.51. The molecule has 0 aliphatic carbocycles. The number of ether oxygens (including phenoxy) is 1. The van der Waals surface area contributed by atoms with Crippen LogP contribution in [-0.2, 0) is 14.4 Å². The predicted molar refractivity (Wildman–Crippen MR) is 101 cm³/mol. The van der Waals surface area contributed by atoms with Gasteiger partial charge in [-0.05, 0) is 43.2 Å². The monoisotopic (exact) mass is 377 g/mol. The molecule has 8 nitrogen and oxygen atoms in total. The van der Waals surface area contributed by atoms with E-state index in [1.165, 1.54) is 0 Å². The van der Waals surface area contributed by atoms with E-state index in [1.54, 1.807) is 17.9 Å². The summed E-state index contributed by atoms with van der Waals surface area (Å²) >= 11 is 0. The van der Waals surface area contributed by atoms with E-state index < -0.39 is 9.71 Å². The van der Waals surface area contributed by atoms with Crippen molar-refractivity contribution in [1.82, 2.24) is 4.90 Å². The van der Waals surface area contributed by atoms with E-state index >= 15 is 0 Å². The van der Waals surface area contributed by atoms with Gasteiger partial charge in [0.05, 0.1) is 21.2 Å². The third-order valence-electron chi connectivity index (χ3n) is 4.56. The zero-order valence-corrected chi connectivity index (χ0v) is 15.6. The van der Waals surface area contributed by atoms with Crippen molar-refractivity contribution in [3.63, 3.8) is 0 Å². The van der Waals surface area contributed by atoms with Gasteiger partial charge in [0.15, 0.2) is 12.5 Å². The maximum Gasteiger partial charge on any atom is 0.409 e. The van der Waals surface area contributed by atoms with Crippen LogP contribution in [0.4, 0.5) is 4.79 Å². The van der Waals surface area contributed by atoms with Crippen LogP contribution in [0.1, 0.15) is 36.8 Å². The summed E-state index contributed by atoms with van der Waals surface area (Å²) in [6.45, 7) is 3.62. The molecular formula is C17H23N5O3S. The normalized spacial score (nSPS) is 19.9. The Morgan fingerprint density at radius 1 is 1.42 bits per heavy atom. The largest absolute Gasteiger partial charge is 0.450 e. The second-order valence-corrected chi connectivity index (χ2v) is 8.16. The van der Waals surface area contributed by atoms with Crippen LogP contribution in [-0.4, -0.2) is 53.3 Å². The Morgan fingerprint density at radius 2 is 2.15 bits per heavy atom. The Bertz CT molecular complexity index is 855. The Morgan fingerprint density at radius 3 is 2.73 bits per heavy atom. The van der Waals surface area contributed by atoms with Gasteiger partial charge < -0.3 is 9.64 Å². The van der Waals surface area contributed by atoms with Gasteiger partial charge in [-0.3, -0.25) is 5.14 Å². The van der Waals surface area contributed by atoms with Gasteiger partial charge in [-0.1, -0.05) is 12.1 Å². The Balaban J connectivity index is 1.92. The van der Waals surface area contributed by atoms with E-state index in [2.05, 4.69) is 21.1 Å². The van der Waals surface area contributed by atoms with Crippen LogP contribution in [0.2, 0.25) is 0 Å². The van der Waals surface area contributed by atoms with Crippen LogP contribution in [0, 0.1) is 0 Å². The fraction of sp³-hybridized carbons (Fsp3) is 0.471. The standard InChI is InChI=1S/C17H23N5O3S/c1-3-25-17(23)22-9-7-12(8-10-22)13-5-4-6-14(26(2,18)24)15(13)16-19-11-20-21-16/h4-6,12H,2-3,7-11H2,1H3,(H2,18,24). The van der Waals surface area contributed by atoms with Crippen molar-refractivity contribution in [2.75, 3.05) is 26.4 Å². The molecule has 1 amide bonds. The summed E-state index contributed by atoms with van der Waals surface area (Å²) in [7, 11) is -2.93. The summed E-state index contributed by atoms with van der Waals surface area (Å²) in [5, 5.41) is 13.8. The predicted octanol–water partition coefficient (Wildman–Crippen LogP) is 2.14. The third-order valence-corrected chi connectivity index (χ3v) is 5.65.